The number of benzene rings is 1. The van der Waals surface area contributed by atoms with E-state index in [0.29, 0.717) is 24.7 Å². The third-order valence-corrected chi connectivity index (χ3v) is 4.35. The van der Waals surface area contributed by atoms with E-state index in [1.165, 1.54) is 6.92 Å². The van der Waals surface area contributed by atoms with E-state index in [0.717, 1.165) is 5.75 Å². The Bertz CT molecular complexity index is 520. The van der Waals surface area contributed by atoms with Crippen LogP contribution in [-0.4, -0.2) is 48.0 Å². The van der Waals surface area contributed by atoms with Crippen LogP contribution in [0.15, 0.2) is 24.3 Å². The zero-order valence-corrected chi connectivity index (χ0v) is 13.0. The second-order valence-corrected chi connectivity index (χ2v) is 6.04. The summed E-state index contributed by atoms with van der Waals surface area (Å²) in [6.45, 7) is 2.48. The monoisotopic (exact) mass is 309 g/mol. The fourth-order valence-corrected chi connectivity index (χ4v) is 3.30. The number of methoxy groups -OCH3 is 1. The van der Waals surface area contributed by atoms with Crippen molar-refractivity contribution in [1.29, 1.82) is 0 Å². The molecule has 1 aliphatic rings. The minimum Gasteiger partial charge on any atom is -0.493 e. The van der Waals surface area contributed by atoms with Crippen molar-refractivity contribution in [1.82, 2.24) is 4.90 Å². The van der Waals surface area contributed by atoms with Crippen molar-refractivity contribution < 1.29 is 19.1 Å². The average Bonchev–Trinajstić information content (AvgIpc) is 2.93. The highest BCUT2D eigenvalue weighted by atomic mass is 32.2. The molecule has 5 nitrogen and oxygen atoms in total. The van der Waals surface area contributed by atoms with Crippen molar-refractivity contribution >= 4 is 23.5 Å². The Labute approximate surface area is 128 Å². The van der Waals surface area contributed by atoms with Crippen molar-refractivity contribution in [3.63, 3.8) is 0 Å². The maximum Gasteiger partial charge on any atom is 0.231 e. The molecule has 0 bridgehead atoms. The first-order valence-corrected chi connectivity index (χ1v) is 7.83. The second-order valence-electron chi connectivity index (χ2n) is 4.75. The van der Waals surface area contributed by atoms with Crippen molar-refractivity contribution in [2.45, 2.75) is 18.7 Å². The number of ketones is 1. The van der Waals surface area contributed by atoms with Crippen LogP contribution >= 0.6 is 11.8 Å². The number of para-hydroxylation sites is 2. The Morgan fingerprint density at radius 3 is 2.71 bits per heavy atom. The normalized spacial score (nSPS) is 17.6. The molecular formula is C15H19NO4S. The number of amides is 1. The smallest absolute Gasteiger partial charge is 0.231 e. The van der Waals surface area contributed by atoms with Crippen LogP contribution in [0.3, 0.4) is 0 Å². The standard InChI is InChI=1S/C15H19NO4S/c1-11(17)9-14(18)16-7-8-21-15(16)10-20-13-6-4-3-5-12(13)19-2/h3-6,15H,7-10H2,1-2H3. The minimum absolute atomic E-state index is 0.0360. The summed E-state index contributed by atoms with van der Waals surface area (Å²) in [5.41, 5.74) is 0. The zero-order chi connectivity index (χ0) is 15.2. The van der Waals surface area contributed by atoms with Gasteiger partial charge in [-0.05, 0) is 19.1 Å². The van der Waals surface area contributed by atoms with E-state index in [2.05, 4.69) is 0 Å². The van der Waals surface area contributed by atoms with Gasteiger partial charge in [0.25, 0.3) is 0 Å². The lowest BCUT2D eigenvalue weighted by atomic mass is 10.3. The topological polar surface area (TPSA) is 55.8 Å². The van der Waals surface area contributed by atoms with Crippen molar-refractivity contribution in [2.24, 2.45) is 0 Å². The van der Waals surface area contributed by atoms with Crippen LogP contribution in [0.1, 0.15) is 13.3 Å². The highest BCUT2D eigenvalue weighted by Crippen LogP contribution is 2.29. The summed E-state index contributed by atoms with van der Waals surface area (Å²) in [4.78, 5) is 24.8. The second kappa shape index (κ2) is 7.36. The molecule has 1 unspecified atom stereocenters. The van der Waals surface area contributed by atoms with E-state index >= 15 is 0 Å². The lowest BCUT2D eigenvalue weighted by Gasteiger charge is -2.23. The van der Waals surface area contributed by atoms with Crippen LogP contribution in [0.5, 0.6) is 11.5 Å². The van der Waals surface area contributed by atoms with E-state index in [9.17, 15) is 9.59 Å². The molecule has 0 saturated carbocycles. The Morgan fingerprint density at radius 1 is 1.33 bits per heavy atom. The molecule has 1 amide bonds. The molecule has 6 heteroatoms. The summed E-state index contributed by atoms with van der Waals surface area (Å²) < 4.78 is 11.0. The zero-order valence-electron chi connectivity index (χ0n) is 12.2. The van der Waals surface area contributed by atoms with Gasteiger partial charge in [0.1, 0.15) is 17.8 Å². The van der Waals surface area contributed by atoms with E-state index < -0.39 is 0 Å². The SMILES string of the molecule is COc1ccccc1OCC1SCCN1C(=O)CC(C)=O. The molecule has 1 saturated heterocycles. The van der Waals surface area contributed by atoms with E-state index in [-0.39, 0.29) is 23.5 Å². The fraction of sp³-hybridized carbons (Fsp3) is 0.467. The average molecular weight is 309 g/mol. The van der Waals surface area contributed by atoms with E-state index in [1.54, 1.807) is 23.8 Å². The van der Waals surface area contributed by atoms with Crippen molar-refractivity contribution in [3.05, 3.63) is 24.3 Å². The molecular weight excluding hydrogens is 290 g/mol. The van der Waals surface area contributed by atoms with Gasteiger partial charge in [0, 0.05) is 12.3 Å². The number of Topliss-reactive ketones (excluding diaryl/α,β-unsaturated/α-hetero) is 1. The van der Waals surface area contributed by atoms with Crippen LogP contribution in [0.25, 0.3) is 0 Å². The number of thioether (sulfide) groups is 1. The quantitative estimate of drug-likeness (QED) is 0.752. The molecule has 21 heavy (non-hydrogen) atoms. The molecule has 0 aliphatic carbocycles. The number of nitrogens with zero attached hydrogens (tertiary/aromatic N) is 1. The molecule has 0 spiro atoms. The summed E-state index contributed by atoms with van der Waals surface area (Å²) in [6, 6.07) is 7.41. The summed E-state index contributed by atoms with van der Waals surface area (Å²) in [7, 11) is 1.59. The molecule has 114 valence electrons. The van der Waals surface area contributed by atoms with Crippen LogP contribution in [0, 0.1) is 0 Å². The third kappa shape index (κ3) is 4.14. The number of carbonyl (C=O) groups excluding carboxylic acids is 2. The van der Waals surface area contributed by atoms with Crippen LogP contribution in [-0.2, 0) is 9.59 Å². The Kier molecular flexibility index (Phi) is 5.50. The van der Waals surface area contributed by atoms with Gasteiger partial charge in [-0.25, -0.2) is 0 Å². The van der Waals surface area contributed by atoms with Crippen LogP contribution in [0.4, 0.5) is 0 Å². The molecule has 1 aromatic carbocycles. The number of rotatable bonds is 6. The van der Waals surface area contributed by atoms with Gasteiger partial charge in [-0.3, -0.25) is 9.59 Å². The number of carbonyl (C=O) groups is 2. The summed E-state index contributed by atoms with van der Waals surface area (Å²) in [5, 5.41) is -0.0539. The first-order chi connectivity index (χ1) is 10.1. The molecule has 1 atom stereocenters. The highest BCUT2D eigenvalue weighted by Gasteiger charge is 2.30. The molecule has 0 N–H and O–H groups in total. The Balaban J connectivity index is 1.95. The number of hydrogen-bond donors (Lipinski definition) is 0. The number of hydrogen-bond acceptors (Lipinski definition) is 5. The highest BCUT2D eigenvalue weighted by molar-refractivity contribution is 8.00. The van der Waals surface area contributed by atoms with E-state index in [4.69, 9.17) is 9.47 Å². The first kappa shape index (κ1) is 15.7. The first-order valence-electron chi connectivity index (χ1n) is 6.78. The molecule has 0 aromatic heterocycles. The van der Waals surface area contributed by atoms with Gasteiger partial charge in [-0.15, -0.1) is 11.8 Å². The van der Waals surface area contributed by atoms with Crippen molar-refractivity contribution in [3.8, 4) is 11.5 Å². The predicted molar refractivity (Wildman–Crippen MR) is 81.7 cm³/mol. The van der Waals surface area contributed by atoms with Crippen LogP contribution < -0.4 is 9.47 Å². The predicted octanol–water partition coefficient (Wildman–Crippen LogP) is 1.95. The summed E-state index contributed by atoms with van der Waals surface area (Å²) in [5.74, 6) is 1.96. The third-order valence-electron chi connectivity index (χ3n) is 3.16. The van der Waals surface area contributed by atoms with Gasteiger partial charge in [-0.2, -0.15) is 0 Å². The maximum atomic E-state index is 12.0. The molecule has 2 rings (SSSR count). The fourth-order valence-electron chi connectivity index (χ4n) is 2.16. The maximum absolute atomic E-state index is 12.0. The lowest BCUT2D eigenvalue weighted by molar-refractivity contribution is -0.135. The molecule has 1 heterocycles. The Hall–Kier alpha value is -1.69. The van der Waals surface area contributed by atoms with Gasteiger partial charge in [0.15, 0.2) is 11.5 Å². The van der Waals surface area contributed by atoms with Crippen LogP contribution in [0.2, 0.25) is 0 Å². The molecule has 1 aliphatic heterocycles. The summed E-state index contributed by atoms with van der Waals surface area (Å²) in [6.07, 6.45) is -0.0360. The largest absolute Gasteiger partial charge is 0.493 e. The van der Waals surface area contributed by atoms with Gasteiger partial charge >= 0.3 is 0 Å². The molecule has 0 radical (unpaired) electrons. The van der Waals surface area contributed by atoms with Gasteiger partial charge in [0.2, 0.25) is 5.91 Å². The lowest BCUT2D eigenvalue weighted by Crippen LogP contribution is -2.38. The molecule has 1 fully saturated rings. The van der Waals surface area contributed by atoms with Gasteiger partial charge in [0.05, 0.1) is 13.5 Å². The summed E-state index contributed by atoms with van der Waals surface area (Å²) >= 11 is 1.67. The van der Waals surface area contributed by atoms with Crippen molar-refractivity contribution in [2.75, 3.05) is 26.0 Å². The van der Waals surface area contributed by atoms with Gasteiger partial charge in [-0.1, -0.05) is 12.1 Å². The number of ether oxygens (including phenoxy) is 2. The molecule has 1 aromatic rings. The minimum atomic E-state index is -0.124. The van der Waals surface area contributed by atoms with E-state index in [1.807, 2.05) is 24.3 Å². The van der Waals surface area contributed by atoms with Gasteiger partial charge < -0.3 is 14.4 Å². The Morgan fingerprint density at radius 2 is 2.05 bits per heavy atom.